The van der Waals surface area contributed by atoms with Gasteiger partial charge in [0.25, 0.3) is 5.91 Å². The van der Waals surface area contributed by atoms with E-state index in [2.05, 4.69) is 26.3 Å². The van der Waals surface area contributed by atoms with Crippen LogP contribution in [-0.2, 0) is 17.8 Å². The highest BCUT2D eigenvalue weighted by Gasteiger charge is 2.27. The van der Waals surface area contributed by atoms with E-state index in [9.17, 15) is 4.79 Å². The van der Waals surface area contributed by atoms with Gasteiger partial charge in [0, 0.05) is 38.3 Å². The van der Waals surface area contributed by atoms with Crippen molar-refractivity contribution in [3.63, 3.8) is 0 Å². The Bertz CT molecular complexity index is 816. The second-order valence-corrected chi connectivity index (χ2v) is 7.14. The average molecular weight is 367 g/mol. The largest absolute Gasteiger partial charge is 0.383 e. The summed E-state index contributed by atoms with van der Waals surface area (Å²) < 4.78 is 5.41. The summed E-state index contributed by atoms with van der Waals surface area (Å²) in [4.78, 5) is 23.5. The molecule has 2 fully saturated rings. The van der Waals surface area contributed by atoms with Gasteiger partial charge in [-0.3, -0.25) is 9.69 Å². The van der Waals surface area contributed by atoms with Crippen LogP contribution < -0.4 is 11.1 Å². The van der Waals surface area contributed by atoms with Crippen molar-refractivity contribution in [3.05, 3.63) is 53.0 Å². The summed E-state index contributed by atoms with van der Waals surface area (Å²) in [6, 6.07) is 8.18. The molecular weight excluding hydrogens is 342 g/mol. The maximum absolute atomic E-state index is 12.5. The zero-order valence-corrected chi connectivity index (χ0v) is 15.4. The van der Waals surface area contributed by atoms with Gasteiger partial charge in [-0.05, 0) is 24.0 Å². The highest BCUT2D eigenvalue weighted by molar-refractivity contribution is 5.97. The Hall–Kier alpha value is -2.51. The Kier molecular flexibility index (Phi) is 5.31. The van der Waals surface area contributed by atoms with Gasteiger partial charge in [-0.1, -0.05) is 24.3 Å². The predicted octanol–water partition coefficient (Wildman–Crippen LogP) is 1.70. The van der Waals surface area contributed by atoms with Crippen LogP contribution in [0.25, 0.3) is 0 Å². The van der Waals surface area contributed by atoms with Crippen molar-refractivity contribution in [2.24, 2.45) is 0 Å². The SMILES string of the molecule is Nc1nc(C2CC2)ncc1C(=O)NCc1ccccc1CN1CCOCC1. The van der Waals surface area contributed by atoms with Gasteiger partial charge in [-0.15, -0.1) is 0 Å². The number of rotatable bonds is 6. The van der Waals surface area contributed by atoms with Crippen molar-refractivity contribution < 1.29 is 9.53 Å². The van der Waals surface area contributed by atoms with E-state index in [0.29, 0.717) is 18.0 Å². The quantitative estimate of drug-likeness (QED) is 0.807. The summed E-state index contributed by atoms with van der Waals surface area (Å²) in [6.45, 7) is 4.72. The first-order chi connectivity index (χ1) is 13.2. The number of hydrogen-bond donors (Lipinski definition) is 2. The van der Waals surface area contributed by atoms with E-state index in [0.717, 1.165) is 57.1 Å². The standard InChI is InChI=1S/C20H25N5O2/c21-18-17(12-22-19(24-18)14-5-6-14)20(26)23-11-15-3-1-2-4-16(15)13-25-7-9-27-10-8-25/h1-4,12,14H,5-11,13H2,(H,23,26)(H2,21,22,24). The molecule has 0 atom stereocenters. The molecule has 0 spiro atoms. The number of nitrogen functional groups attached to an aromatic ring is 1. The van der Waals surface area contributed by atoms with Crippen LogP contribution in [-0.4, -0.2) is 47.1 Å². The summed E-state index contributed by atoms with van der Waals surface area (Å²) in [5, 5.41) is 2.96. The van der Waals surface area contributed by atoms with Crippen molar-refractivity contribution in [1.82, 2.24) is 20.2 Å². The molecule has 1 aromatic heterocycles. The lowest BCUT2D eigenvalue weighted by Gasteiger charge is -2.27. The van der Waals surface area contributed by atoms with Crippen molar-refractivity contribution in [1.29, 1.82) is 0 Å². The Morgan fingerprint density at radius 3 is 2.67 bits per heavy atom. The van der Waals surface area contributed by atoms with Crippen LogP contribution >= 0.6 is 0 Å². The van der Waals surface area contributed by atoms with Crippen molar-refractivity contribution in [2.45, 2.75) is 31.8 Å². The Morgan fingerprint density at radius 2 is 1.96 bits per heavy atom. The van der Waals surface area contributed by atoms with Crippen molar-refractivity contribution >= 4 is 11.7 Å². The molecule has 0 radical (unpaired) electrons. The number of amides is 1. The van der Waals surface area contributed by atoms with E-state index < -0.39 is 0 Å². The third-order valence-electron chi connectivity index (χ3n) is 5.08. The number of ether oxygens (including phenoxy) is 1. The number of nitrogens with one attached hydrogen (secondary N) is 1. The fourth-order valence-corrected chi connectivity index (χ4v) is 3.28. The molecule has 1 aliphatic heterocycles. The topological polar surface area (TPSA) is 93.4 Å². The van der Waals surface area contributed by atoms with Crippen LogP contribution in [0, 0.1) is 0 Å². The summed E-state index contributed by atoms with van der Waals surface area (Å²) >= 11 is 0. The van der Waals surface area contributed by atoms with E-state index in [4.69, 9.17) is 10.5 Å². The molecule has 1 saturated heterocycles. The van der Waals surface area contributed by atoms with Crippen LogP contribution in [0.15, 0.2) is 30.5 Å². The van der Waals surface area contributed by atoms with Gasteiger partial charge in [0.2, 0.25) is 0 Å². The molecule has 142 valence electrons. The fraction of sp³-hybridized carbons (Fsp3) is 0.450. The van der Waals surface area contributed by atoms with E-state index in [-0.39, 0.29) is 11.7 Å². The normalized spacial score (nSPS) is 17.6. The molecule has 4 rings (SSSR count). The maximum atomic E-state index is 12.5. The maximum Gasteiger partial charge on any atom is 0.256 e. The minimum Gasteiger partial charge on any atom is -0.383 e. The average Bonchev–Trinajstić information content (AvgIpc) is 3.53. The molecule has 1 amide bonds. The lowest BCUT2D eigenvalue weighted by Crippen LogP contribution is -2.36. The number of anilines is 1. The van der Waals surface area contributed by atoms with Gasteiger partial charge in [0.15, 0.2) is 0 Å². The summed E-state index contributed by atoms with van der Waals surface area (Å²) in [7, 11) is 0. The van der Waals surface area contributed by atoms with E-state index >= 15 is 0 Å². The molecule has 27 heavy (non-hydrogen) atoms. The molecule has 0 unspecified atom stereocenters. The molecule has 3 N–H and O–H groups in total. The van der Waals surface area contributed by atoms with Gasteiger partial charge >= 0.3 is 0 Å². The summed E-state index contributed by atoms with van der Waals surface area (Å²) in [6.07, 6.45) is 3.75. The Morgan fingerprint density at radius 1 is 1.22 bits per heavy atom. The second-order valence-electron chi connectivity index (χ2n) is 7.14. The molecule has 2 aliphatic rings. The van der Waals surface area contributed by atoms with Gasteiger partial charge in [-0.25, -0.2) is 9.97 Å². The van der Waals surface area contributed by atoms with E-state index in [1.165, 1.54) is 5.56 Å². The third-order valence-corrected chi connectivity index (χ3v) is 5.08. The van der Waals surface area contributed by atoms with Gasteiger partial charge in [0.1, 0.15) is 11.6 Å². The number of carbonyl (C=O) groups excluding carboxylic acids is 1. The number of benzene rings is 1. The van der Waals surface area contributed by atoms with Crippen LogP contribution in [0.3, 0.4) is 0 Å². The summed E-state index contributed by atoms with van der Waals surface area (Å²) in [5.41, 5.74) is 8.64. The highest BCUT2D eigenvalue weighted by atomic mass is 16.5. The zero-order valence-electron chi connectivity index (χ0n) is 15.4. The molecule has 0 bridgehead atoms. The second kappa shape index (κ2) is 8.02. The van der Waals surface area contributed by atoms with Gasteiger partial charge < -0.3 is 15.8 Å². The predicted molar refractivity (Wildman–Crippen MR) is 102 cm³/mol. The number of nitrogens with zero attached hydrogens (tertiary/aromatic N) is 3. The monoisotopic (exact) mass is 367 g/mol. The van der Waals surface area contributed by atoms with Crippen molar-refractivity contribution in [3.8, 4) is 0 Å². The number of hydrogen-bond acceptors (Lipinski definition) is 6. The highest BCUT2D eigenvalue weighted by Crippen LogP contribution is 2.38. The Labute approximate surface area is 158 Å². The zero-order chi connectivity index (χ0) is 18.6. The molecular formula is C20H25N5O2. The third kappa shape index (κ3) is 4.43. The lowest BCUT2D eigenvalue weighted by atomic mass is 10.1. The van der Waals surface area contributed by atoms with Crippen LogP contribution in [0.1, 0.15) is 46.1 Å². The first-order valence-corrected chi connectivity index (χ1v) is 9.48. The van der Waals surface area contributed by atoms with Gasteiger partial charge in [0.05, 0.1) is 18.8 Å². The van der Waals surface area contributed by atoms with Crippen molar-refractivity contribution in [2.75, 3.05) is 32.0 Å². The van der Waals surface area contributed by atoms with Crippen LogP contribution in [0.5, 0.6) is 0 Å². The number of aromatic nitrogens is 2. The van der Waals surface area contributed by atoms with Crippen LogP contribution in [0.4, 0.5) is 5.82 Å². The molecule has 7 nitrogen and oxygen atoms in total. The fourth-order valence-electron chi connectivity index (χ4n) is 3.28. The number of morpholine rings is 1. The minimum absolute atomic E-state index is 0.240. The number of carbonyl (C=O) groups is 1. The first kappa shape index (κ1) is 17.9. The van der Waals surface area contributed by atoms with E-state index in [1.807, 2.05) is 18.2 Å². The van der Waals surface area contributed by atoms with E-state index in [1.54, 1.807) is 6.20 Å². The molecule has 1 saturated carbocycles. The molecule has 1 aliphatic carbocycles. The first-order valence-electron chi connectivity index (χ1n) is 9.48. The minimum atomic E-state index is -0.240. The van der Waals surface area contributed by atoms with Gasteiger partial charge in [-0.2, -0.15) is 0 Å². The molecule has 2 aromatic rings. The Balaban J connectivity index is 1.40. The molecule has 7 heteroatoms. The lowest BCUT2D eigenvalue weighted by molar-refractivity contribution is 0.0340. The smallest absolute Gasteiger partial charge is 0.256 e. The molecule has 1 aromatic carbocycles. The van der Waals surface area contributed by atoms with Crippen LogP contribution in [0.2, 0.25) is 0 Å². The number of nitrogens with two attached hydrogens (primary N) is 1. The molecule has 2 heterocycles. The summed E-state index contributed by atoms with van der Waals surface area (Å²) in [5.74, 6) is 1.18.